The second-order valence-electron chi connectivity index (χ2n) is 3.11. The maximum absolute atomic E-state index is 12.8. The van der Waals surface area contributed by atoms with Gasteiger partial charge in [-0.25, -0.2) is 0 Å². The first kappa shape index (κ1) is 14.4. The van der Waals surface area contributed by atoms with Gasteiger partial charge in [0.2, 0.25) is 0 Å². The molecule has 1 aromatic carbocycles. The van der Waals surface area contributed by atoms with E-state index < -0.39 is 31.4 Å². The van der Waals surface area contributed by atoms with Crippen LogP contribution in [0, 0.1) is 12.3 Å². The molecule has 0 spiro atoms. The lowest BCUT2D eigenvalue weighted by Gasteiger charge is -2.04. The van der Waals surface area contributed by atoms with E-state index in [0.29, 0.717) is 6.07 Å². The average molecular weight is 296 g/mol. The quantitative estimate of drug-likeness (QED) is 0.614. The Bertz CT molecular complexity index is 701. The number of benzene rings is 1. The maximum Gasteiger partial charge on any atom is 0.488 e. The van der Waals surface area contributed by atoms with Gasteiger partial charge in [0.15, 0.2) is 0 Å². The summed E-state index contributed by atoms with van der Waals surface area (Å²) in [5.41, 5.74) is 0.0925. The molecule has 0 heterocycles. The van der Waals surface area contributed by atoms with E-state index >= 15 is 0 Å². The largest absolute Gasteiger partial charge is 0.488 e. The van der Waals surface area contributed by atoms with Crippen LogP contribution in [0.2, 0.25) is 0 Å². The van der Waals surface area contributed by atoms with Gasteiger partial charge in [-0.15, -0.1) is 16.2 Å². The second kappa shape index (κ2) is 4.91. The van der Waals surface area contributed by atoms with Gasteiger partial charge in [-0.05, 0) is 17.7 Å². The first-order valence-corrected chi connectivity index (χ1v) is 6.97. The topological polar surface area (TPSA) is 77.5 Å². The molecule has 0 atom stereocenters. The predicted octanol–water partition coefficient (Wildman–Crippen LogP) is 1.11. The highest BCUT2D eigenvalue weighted by atomic mass is 32.3. The lowest BCUT2D eigenvalue weighted by atomic mass is 10.1. The summed E-state index contributed by atoms with van der Waals surface area (Å²) in [5, 5.41) is 0. The monoisotopic (exact) mass is 296 g/mol. The van der Waals surface area contributed by atoms with Crippen LogP contribution in [0.15, 0.2) is 23.1 Å². The number of terminal acetylenes is 1. The number of rotatable bonds is 4. The van der Waals surface area contributed by atoms with Gasteiger partial charge in [0.05, 0.1) is 0 Å². The standard InChI is InChI=1S/C9H6F2O5S2/c1-2-3-7-4-8(16-18(11,14)15)6-9(5-7)17(10,12)13/h1,4-6H,3H2. The zero-order valence-electron chi connectivity index (χ0n) is 8.63. The smallest absolute Gasteiger partial charge is 0.358 e. The normalized spacial score (nSPS) is 11.8. The Kier molecular flexibility index (Phi) is 3.93. The minimum atomic E-state index is -5.34. The van der Waals surface area contributed by atoms with E-state index in [9.17, 15) is 24.6 Å². The first-order chi connectivity index (χ1) is 8.12. The third-order valence-corrected chi connectivity index (χ3v) is 2.91. The molecule has 0 radical (unpaired) electrons. The van der Waals surface area contributed by atoms with Crippen molar-refractivity contribution in [1.82, 2.24) is 0 Å². The second-order valence-corrected chi connectivity index (χ2v) is 5.41. The zero-order valence-corrected chi connectivity index (χ0v) is 10.3. The van der Waals surface area contributed by atoms with Crippen LogP contribution < -0.4 is 4.18 Å². The van der Waals surface area contributed by atoms with Gasteiger partial charge in [-0.1, -0.05) is 3.89 Å². The third-order valence-electron chi connectivity index (χ3n) is 1.72. The Morgan fingerprint density at radius 2 is 1.78 bits per heavy atom. The van der Waals surface area contributed by atoms with E-state index in [1.165, 1.54) is 0 Å². The van der Waals surface area contributed by atoms with Crippen molar-refractivity contribution in [2.45, 2.75) is 11.3 Å². The van der Waals surface area contributed by atoms with E-state index in [-0.39, 0.29) is 12.0 Å². The molecule has 98 valence electrons. The van der Waals surface area contributed by atoms with Gasteiger partial charge in [0.1, 0.15) is 10.6 Å². The Labute approximate surface area is 103 Å². The number of hydrogen-bond donors (Lipinski definition) is 0. The molecule has 0 aliphatic rings. The number of hydrogen-bond acceptors (Lipinski definition) is 5. The van der Waals surface area contributed by atoms with Crippen LogP contribution in [0.4, 0.5) is 7.77 Å². The van der Waals surface area contributed by atoms with Gasteiger partial charge < -0.3 is 4.18 Å². The van der Waals surface area contributed by atoms with Crippen LogP contribution in [0.1, 0.15) is 5.56 Å². The van der Waals surface area contributed by atoms with E-state index in [1.807, 2.05) is 0 Å². The van der Waals surface area contributed by atoms with E-state index in [1.54, 1.807) is 0 Å². The molecule has 0 aliphatic carbocycles. The first-order valence-electron chi connectivity index (χ1n) is 4.28. The van der Waals surface area contributed by atoms with Crippen molar-refractivity contribution in [2.75, 3.05) is 0 Å². The molecule has 0 saturated heterocycles. The molecule has 0 saturated carbocycles. The minimum Gasteiger partial charge on any atom is -0.358 e. The molecule has 5 nitrogen and oxygen atoms in total. The molecule has 0 bridgehead atoms. The summed E-state index contributed by atoms with van der Waals surface area (Å²) in [5.74, 6) is 1.46. The molecule has 0 aromatic heterocycles. The fourth-order valence-corrected chi connectivity index (χ4v) is 2.03. The average Bonchev–Trinajstić information content (AvgIpc) is 2.13. The Hall–Kier alpha value is -1.66. The van der Waals surface area contributed by atoms with E-state index in [4.69, 9.17) is 6.42 Å². The molecular formula is C9H6F2O5S2. The Morgan fingerprint density at radius 3 is 2.22 bits per heavy atom. The van der Waals surface area contributed by atoms with Gasteiger partial charge in [-0.3, -0.25) is 0 Å². The predicted molar refractivity (Wildman–Crippen MR) is 57.9 cm³/mol. The molecule has 18 heavy (non-hydrogen) atoms. The minimum absolute atomic E-state index is 0.0925. The highest BCUT2D eigenvalue weighted by molar-refractivity contribution is 7.86. The highest BCUT2D eigenvalue weighted by Crippen LogP contribution is 2.24. The van der Waals surface area contributed by atoms with Crippen LogP contribution >= 0.6 is 0 Å². The summed E-state index contributed by atoms with van der Waals surface area (Å²) >= 11 is 0. The molecule has 9 heteroatoms. The van der Waals surface area contributed by atoms with Crippen LogP contribution in [0.25, 0.3) is 0 Å². The van der Waals surface area contributed by atoms with E-state index in [2.05, 4.69) is 10.1 Å². The molecule has 1 aromatic rings. The summed E-state index contributed by atoms with van der Waals surface area (Å²) < 4.78 is 70.8. The summed E-state index contributed by atoms with van der Waals surface area (Å²) in [6, 6.07) is 2.42. The summed E-state index contributed by atoms with van der Waals surface area (Å²) in [6.07, 6.45) is 4.87. The lowest BCUT2D eigenvalue weighted by molar-refractivity contribution is 0.439. The van der Waals surface area contributed by atoms with Gasteiger partial charge in [-0.2, -0.15) is 16.8 Å². The molecule has 0 N–H and O–H groups in total. The van der Waals surface area contributed by atoms with Gasteiger partial charge in [0, 0.05) is 12.5 Å². The van der Waals surface area contributed by atoms with Crippen molar-refractivity contribution < 1.29 is 28.8 Å². The highest BCUT2D eigenvalue weighted by Gasteiger charge is 2.17. The van der Waals surface area contributed by atoms with Crippen LogP contribution in [-0.4, -0.2) is 16.8 Å². The molecule has 0 unspecified atom stereocenters. The van der Waals surface area contributed by atoms with Crippen LogP contribution in [-0.2, 0) is 27.1 Å². The van der Waals surface area contributed by atoms with Crippen molar-refractivity contribution in [3.63, 3.8) is 0 Å². The third kappa shape index (κ3) is 4.31. The maximum atomic E-state index is 12.8. The zero-order chi connectivity index (χ0) is 14.0. The fourth-order valence-electron chi connectivity index (χ4n) is 1.15. The van der Waals surface area contributed by atoms with Gasteiger partial charge >= 0.3 is 20.7 Å². The van der Waals surface area contributed by atoms with Crippen LogP contribution in [0.5, 0.6) is 5.75 Å². The summed E-state index contributed by atoms with van der Waals surface area (Å²) in [4.78, 5) is -0.867. The van der Waals surface area contributed by atoms with Crippen molar-refractivity contribution in [2.24, 2.45) is 0 Å². The van der Waals surface area contributed by atoms with E-state index in [0.717, 1.165) is 12.1 Å². The Morgan fingerprint density at radius 1 is 1.17 bits per heavy atom. The summed E-state index contributed by atoms with van der Waals surface area (Å²) in [6.45, 7) is 0. The lowest BCUT2D eigenvalue weighted by Crippen LogP contribution is -2.03. The molecule has 0 amide bonds. The Balaban J connectivity index is 3.37. The van der Waals surface area contributed by atoms with Crippen molar-refractivity contribution in [3.05, 3.63) is 23.8 Å². The molecule has 1 rings (SSSR count). The number of halogens is 2. The molecule has 0 fully saturated rings. The summed E-state index contributed by atoms with van der Waals surface area (Å²) in [7, 11) is -10.4. The van der Waals surface area contributed by atoms with Crippen LogP contribution in [0.3, 0.4) is 0 Å². The van der Waals surface area contributed by atoms with Gasteiger partial charge in [0.25, 0.3) is 0 Å². The SMILES string of the molecule is C#CCc1cc(OS(=O)(=O)F)cc(S(=O)(=O)F)c1. The van der Waals surface area contributed by atoms with Crippen molar-refractivity contribution in [3.8, 4) is 18.1 Å². The van der Waals surface area contributed by atoms with Crippen molar-refractivity contribution in [1.29, 1.82) is 0 Å². The van der Waals surface area contributed by atoms with Crippen molar-refractivity contribution >= 4 is 20.7 Å². The fraction of sp³-hybridized carbons (Fsp3) is 0.111. The molecular weight excluding hydrogens is 290 g/mol. The molecule has 0 aliphatic heterocycles.